The Morgan fingerprint density at radius 3 is 2.09 bits per heavy atom. The maximum Gasteiger partial charge on any atom is 0.182 e. The van der Waals surface area contributed by atoms with Gasteiger partial charge in [-0.05, 0) is 55.1 Å². The van der Waals surface area contributed by atoms with Gasteiger partial charge in [-0.2, -0.15) is 0 Å². The van der Waals surface area contributed by atoms with Crippen LogP contribution in [0.1, 0.15) is 11.3 Å². The van der Waals surface area contributed by atoms with Crippen molar-refractivity contribution in [3.8, 4) is 34.3 Å². The van der Waals surface area contributed by atoms with Gasteiger partial charge in [-0.15, -0.1) is 0 Å². The Bertz CT molecular complexity index is 1600. The van der Waals surface area contributed by atoms with Gasteiger partial charge in [0.2, 0.25) is 0 Å². The third-order valence-electron chi connectivity index (χ3n) is 5.96. The molecule has 0 spiro atoms. The third kappa shape index (κ3) is 3.57. The summed E-state index contributed by atoms with van der Waals surface area (Å²) in [5, 5.41) is 3.39. The van der Waals surface area contributed by atoms with Crippen LogP contribution in [0.4, 0.5) is 0 Å². The van der Waals surface area contributed by atoms with Gasteiger partial charge in [0.15, 0.2) is 17.5 Å². The topological polar surface area (TPSA) is 64.5 Å². The summed E-state index contributed by atoms with van der Waals surface area (Å²) in [6.45, 7) is 4.14. The molecule has 0 fully saturated rings. The van der Waals surface area contributed by atoms with Gasteiger partial charge in [-0.1, -0.05) is 54.6 Å². The fraction of sp³-hybridized carbons (Fsp3) is 0.0690. The molecule has 5 heteroatoms. The Morgan fingerprint density at radius 1 is 0.559 bits per heavy atom. The zero-order chi connectivity index (χ0) is 23.1. The summed E-state index contributed by atoms with van der Waals surface area (Å²) in [7, 11) is 0. The van der Waals surface area contributed by atoms with Crippen LogP contribution in [0.15, 0.2) is 91.1 Å². The van der Waals surface area contributed by atoms with Gasteiger partial charge in [0.1, 0.15) is 5.69 Å². The molecule has 0 amide bonds. The highest BCUT2D eigenvalue weighted by molar-refractivity contribution is 6.07. The molecule has 0 bridgehead atoms. The molecule has 5 nitrogen and oxygen atoms in total. The lowest BCUT2D eigenvalue weighted by molar-refractivity contribution is 1.06. The predicted octanol–water partition coefficient (Wildman–Crippen LogP) is 6.59. The number of hydrogen-bond acceptors (Lipinski definition) is 5. The van der Waals surface area contributed by atoms with Crippen LogP contribution in [0.3, 0.4) is 0 Å². The molecule has 0 saturated carbocycles. The molecule has 0 radical (unpaired) electrons. The van der Waals surface area contributed by atoms with Gasteiger partial charge in [-0.3, -0.25) is 9.97 Å². The Kier molecular flexibility index (Phi) is 4.81. The second-order valence-electron chi connectivity index (χ2n) is 8.37. The molecule has 0 unspecified atom stereocenters. The molecular formula is C29H21N5. The van der Waals surface area contributed by atoms with E-state index >= 15 is 0 Å². The SMILES string of the molecule is Cc1ccc2ccc3c(C)cc(-c4nc(-c5ccccc5)nc(-c5ccccn5)n4)cc3c2n1. The monoisotopic (exact) mass is 439 g/mol. The lowest BCUT2D eigenvalue weighted by atomic mass is 9.98. The van der Waals surface area contributed by atoms with Crippen molar-refractivity contribution in [2.24, 2.45) is 0 Å². The van der Waals surface area contributed by atoms with Crippen molar-refractivity contribution in [2.75, 3.05) is 0 Å². The van der Waals surface area contributed by atoms with E-state index in [1.54, 1.807) is 6.20 Å². The van der Waals surface area contributed by atoms with Crippen LogP contribution in [0, 0.1) is 13.8 Å². The van der Waals surface area contributed by atoms with E-state index in [4.69, 9.17) is 19.9 Å². The normalized spacial score (nSPS) is 11.2. The first-order chi connectivity index (χ1) is 16.7. The maximum atomic E-state index is 4.87. The van der Waals surface area contributed by atoms with Crippen molar-refractivity contribution < 1.29 is 0 Å². The van der Waals surface area contributed by atoms with E-state index in [2.05, 4.69) is 42.2 Å². The molecule has 0 aliphatic heterocycles. The second-order valence-corrected chi connectivity index (χ2v) is 8.37. The van der Waals surface area contributed by atoms with Gasteiger partial charge < -0.3 is 0 Å². The average Bonchev–Trinajstić information content (AvgIpc) is 2.89. The van der Waals surface area contributed by atoms with Crippen LogP contribution in [-0.4, -0.2) is 24.9 Å². The number of pyridine rings is 2. The highest BCUT2D eigenvalue weighted by Crippen LogP contribution is 2.32. The first-order valence-corrected chi connectivity index (χ1v) is 11.2. The molecule has 0 aliphatic rings. The van der Waals surface area contributed by atoms with E-state index in [0.29, 0.717) is 23.2 Å². The standard InChI is InChI=1S/C29H21N5/c1-18-16-22(17-24-23(18)14-13-20-12-11-19(2)31-26(20)24)28-32-27(21-8-4-3-5-9-21)33-29(34-28)25-10-6-7-15-30-25/h3-17H,1-2H3. The minimum Gasteiger partial charge on any atom is -0.253 e. The second kappa shape index (κ2) is 8.12. The van der Waals surface area contributed by atoms with Crippen molar-refractivity contribution in [1.82, 2.24) is 24.9 Å². The molecule has 3 aromatic heterocycles. The van der Waals surface area contributed by atoms with Gasteiger partial charge in [0.25, 0.3) is 0 Å². The number of fused-ring (bicyclic) bond motifs is 3. The average molecular weight is 440 g/mol. The molecule has 6 aromatic rings. The summed E-state index contributed by atoms with van der Waals surface area (Å²) in [6.07, 6.45) is 1.75. The zero-order valence-electron chi connectivity index (χ0n) is 18.9. The number of nitrogens with zero attached hydrogens (tertiary/aromatic N) is 5. The number of hydrogen-bond donors (Lipinski definition) is 0. The quantitative estimate of drug-likeness (QED) is 0.291. The number of aromatic nitrogens is 5. The summed E-state index contributed by atoms with van der Waals surface area (Å²) in [6, 6.07) is 28.4. The molecule has 162 valence electrons. The first kappa shape index (κ1) is 20.1. The molecule has 3 aromatic carbocycles. The van der Waals surface area contributed by atoms with Crippen LogP contribution in [0.2, 0.25) is 0 Å². The Morgan fingerprint density at radius 2 is 1.29 bits per heavy atom. The predicted molar refractivity (Wildman–Crippen MR) is 136 cm³/mol. The van der Waals surface area contributed by atoms with Crippen molar-refractivity contribution in [1.29, 1.82) is 0 Å². The smallest absolute Gasteiger partial charge is 0.182 e. The van der Waals surface area contributed by atoms with Crippen LogP contribution in [0.25, 0.3) is 56.0 Å². The lowest BCUT2D eigenvalue weighted by Gasteiger charge is -2.11. The highest BCUT2D eigenvalue weighted by Gasteiger charge is 2.15. The molecule has 0 saturated heterocycles. The van der Waals surface area contributed by atoms with Gasteiger partial charge in [0.05, 0.1) is 5.52 Å². The molecule has 6 rings (SSSR count). The lowest BCUT2D eigenvalue weighted by Crippen LogP contribution is -2.01. The van der Waals surface area contributed by atoms with Gasteiger partial charge in [0, 0.05) is 33.8 Å². The Hall–Kier alpha value is -4.51. The van der Waals surface area contributed by atoms with Gasteiger partial charge in [-0.25, -0.2) is 15.0 Å². The van der Waals surface area contributed by atoms with Gasteiger partial charge >= 0.3 is 0 Å². The number of rotatable bonds is 3. The van der Waals surface area contributed by atoms with E-state index in [0.717, 1.165) is 38.7 Å². The largest absolute Gasteiger partial charge is 0.253 e. The molecular weight excluding hydrogens is 418 g/mol. The fourth-order valence-electron chi connectivity index (χ4n) is 4.27. The van der Waals surface area contributed by atoms with E-state index in [1.807, 2.05) is 61.5 Å². The summed E-state index contributed by atoms with van der Waals surface area (Å²) in [4.78, 5) is 23.8. The Balaban J connectivity index is 1.62. The zero-order valence-corrected chi connectivity index (χ0v) is 18.9. The number of benzene rings is 3. The van der Waals surface area contributed by atoms with Crippen LogP contribution in [-0.2, 0) is 0 Å². The molecule has 0 N–H and O–H groups in total. The van der Waals surface area contributed by atoms with Crippen LogP contribution < -0.4 is 0 Å². The van der Waals surface area contributed by atoms with E-state index in [9.17, 15) is 0 Å². The minimum atomic E-state index is 0.550. The van der Waals surface area contributed by atoms with E-state index in [1.165, 1.54) is 5.39 Å². The Labute approximate surface area is 197 Å². The van der Waals surface area contributed by atoms with E-state index in [-0.39, 0.29) is 0 Å². The first-order valence-electron chi connectivity index (χ1n) is 11.2. The highest BCUT2D eigenvalue weighted by atomic mass is 15.0. The van der Waals surface area contributed by atoms with Crippen molar-refractivity contribution >= 4 is 21.7 Å². The maximum absolute atomic E-state index is 4.87. The van der Waals surface area contributed by atoms with Crippen molar-refractivity contribution in [3.05, 3.63) is 102 Å². The van der Waals surface area contributed by atoms with Crippen LogP contribution >= 0.6 is 0 Å². The minimum absolute atomic E-state index is 0.550. The molecule has 0 aliphatic carbocycles. The molecule has 3 heterocycles. The third-order valence-corrected chi connectivity index (χ3v) is 5.96. The number of aryl methyl sites for hydroxylation is 2. The fourth-order valence-corrected chi connectivity index (χ4v) is 4.27. The van der Waals surface area contributed by atoms with E-state index < -0.39 is 0 Å². The van der Waals surface area contributed by atoms with Crippen molar-refractivity contribution in [2.45, 2.75) is 13.8 Å². The summed E-state index contributed by atoms with van der Waals surface area (Å²) in [5.41, 5.74) is 5.71. The summed E-state index contributed by atoms with van der Waals surface area (Å²) < 4.78 is 0. The van der Waals surface area contributed by atoms with Crippen LogP contribution in [0.5, 0.6) is 0 Å². The van der Waals surface area contributed by atoms with Crippen molar-refractivity contribution in [3.63, 3.8) is 0 Å². The summed E-state index contributed by atoms with van der Waals surface area (Å²) >= 11 is 0. The molecule has 0 atom stereocenters. The molecule has 34 heavy (non-hydrogen) atoms. The summed E-state index contributed by atoms with van der Waals surface area (Å²) in [5.74, 6) is 1.79.